The SMILES string of the molecule is COc1cc2[nH]c3c(N4CCN(c5cccc(C(C)=O)c5)CC4)ncnc3c2cc1OC. The molecule has 8 nitrogen and oxygen atoms in total. The summed E-state index contributed by atoms with van der Waals surface area (Å²) >= 11 is 0. The van der Waals surface area contributed by atoms with E-state index in [1.54, 1.807) is 27.5 Å². The number of carbonyl (C=O) groups excluding carboxylic acids is 1. The summed E-state index contributed by atoms with van der Waals surface area (Å²) in [7, 11) is 3.26. The summed E-state index contributed by atoms with van der Waals surface area (Å²) in [5, 5.41) is 0.973. The summed E-state index contributed by atoms with van der Waals surface area (Å²) in [5.74, 6) is 2.31. The van der Waals surface area contributed by atoms with E-state index in [0.717, 1.165) is 65.2 Å². The molecule has 32 heavy (non-hydrogen) atoms. The number of ketones is 1. The van der Waals surface area contributed by atoms with Crippen LogP contribution in [0.25, 0.3) is 21.9 Å². The van der Waals surface area contributed by atoms with Gasteiger partial charge < -0.3 is 24.3 Å². The molecule has 0 radical (unpaired) electrons. The first-order valence-electron chi connectivity index (χ1n) is 10.6. The maximum atomic E-state index is 11.7. The van der Waals surface area contributed by atoms with Crippen molar-refractivity contribution in [3.63, 3.8) is 0 Å². The standard InChI is InChI=1S/C24H25N5O3/c1-15(30)16-5-4-6-17(11-16)28-7-9-29(10-8-28)24-23-22(25-14-26-24)18-12-20(31-2)21(32-3)13-19(18)27-23/h4-6,11-14,27H,7-10H2,1-3H3. The van der Waals surface area contributed by atoms with Crippen molar-refractivity contribution in [2.45, 2.75) is 6.92 Å². The highest BCUT2D eigenvalue weighted by Crippen LogP contribution is 2.37. The van der Waals surface area contributed by atoms with Crippen molar-refractivity contribution < 1.29 is 14.3 Å². The van der Waals surface area contributed by atoms with Crippen LogP contribution in [0.4, 0.5) is 11.5 Å². The van der Waals surface area contributed by atoms with E-state index >= 15 is 0 Å². The van der Waals surface area contributed by atoms with Gasteiger partial charge in [-0.25, -0.2) is 9.97 Å². The van der Waals surface area contributed by atoms with Gasteiger partial charge in [0.1, 0.15) is 17.4 Å². The lowest BCUT2D eigenvalue weighted by atomic mass is 10.1. The largest absolute Gasteiger partial charge is 0.493 e. The van der Waals surface area contributed by atoms with Gasteiger partial charge in [0.15, 0.2) is 23.1 Å². The number of hydrogen-bond donors (Lipinski definition) is 1. The van der Waals surface area contributed by atoms with Crippen LogP contribution in [0, 0.1) is 0 Å². The number of hydrogen-bond acceptors (Lipinski definition) is 7. The minimum absolute atomic E-state index is 0.0842. The smallest absolute Gasteiger partial charge is 0.162 e. The summed E-state index contributed by atoms with van der Waals surface area (Å²) in [5.41, 5.74) is 4.52. The Labute approximate surface area is 185 Å². The van der Waals surface area contributed by atoms with Gasteiger partial charge in [0.2, 0.25) is 0 Å². The van der Waals surface area contributed by atoms with Gasteiger partial charge >= 0.3 is 0 Å². The number of benzene rings is 2. The van der Waals surface area contributed by atoms with Gasteiger partial charge in [-0.15, -0.1) is 0 Å². The highest BCUT2D eigenvalue weighted by molar-refractivity contribution is 6.09. The van der Waals surface area contributed by atoms with E-state index < -0.39 is 0 Å². The summed E-state index contributed by atoms with van der Waals surface area (Å²) in [4.78, 5) is 28.9. The lowest BCUT2D eigenvalue weighted by Crippen LogP contribution is -2.47. The first-order chi connectivity index (χ1) is 15.6. The van der Waals surface area contributed by atoms with Crippen LogP contribution in [0.3, 0.4) is 0 Å². The number of nitrogens with zero attached hydrogens (tertiary/aromatic N) is 4. The summed E-state index contributed by atoms with van der Waals surface area (Å²) in [6.45, 7) is 4.92. The lowest BCUT2D eigenvalue weighted by molar-refractivity contribution is 0.101. The van der Waals surface area contributed by atoms with E-state index in [1.165, 1.54) is 0 Å². The van der Waals surface area contributed by atoms with Crippen LogP contribution in [0.1, 0.15) is 17.3 Å². The zero-order valence-corrected chi connectivity index (χ0v) is 18.4. The van der Waals surface area contributed by atoms with Crippen LogP contribution in [0.15, 0.2) is 42.7 Å². The molecule has 3 heterocycles. The highest BCUT2D eigenvalue weighted by atomic mass is 16.5. The van der Waals surface area contributed by atoms with Crippen molar-refractivity contribution in [2.24, 2.45) is 0 Å². The zero-order chi connectivity index (χ0) is 22.2. The third-order valence-electron chi connectivity index (χ3n) is 6.06. The Bertz CT molecular complexity index is 1310. The van der Waals surface area contributed by atoms with Crippen LogP contribution in [0.5, 0.6) is 11.5 Å². The Morgan fingerprint density at radius 1 is 0.969 bits per heavy atom. The summed E-state index contributed by atoms with van der Waals surface area (Å²) < 4.78 is 10.9. The molecule has 1 N–H and O–H groups in total. The molecule has 1 fully saturated rings. The third-order valence-corrected chi connectivity index (χ3v) is 6.06. The van der Waals surface area contributed by atoms with Crippen LogP contribution < -0.4 is 19.3 Å². The highest BCUT2D eigenvalue weighted by Gasteiger charge is 2.22. The topological polar surface area (TPSA) is 83.6 Å². The fraction of sp³-hybridized carbons (Fsp3) is 0.292. The van der Waals surface area contributed by atoms with Crippen LogP contribution in [-0.4, -0.2) is 61.1 Å². The number of nitrogens with one attached hydrogen (secondary N) is 1. The molecule has 0 amide bonds. The van der Waals surface area contributed by atoms with Gasteiger partial charge in [0, 0.05) is 48.9 Å². The molecule has 0 aliphatic carbocycles. The molecule has 0 atom stereocenters. The number of H-pyrrole nitrogens is 1. The van der Waals surface area contributed by atoms with E-state index in [2.05, 4.69) is 30.8 Å². The molecule has 2 aromatic carbocycles. The number of anilines is 2. The molecular formula is C24H25N5O3. The van der Waals surface area contributed by atoms with E-state index in [4.69, 9.17) is 9.47 Å². The number of Topliss-reactive ketones (excluding diaryl/α,β-unsaturated/α-hetero) is 1. The van der Waals surface area contributed by atoms with E-state index in [1.807, 2.05) is 30.3 Å². The number of aromatic nitrogens is 3. The Balaban J connectivity index is 1.44. The van der Waals surface area contributed by atoms with Gasteiger partial charge in [0.05, 0.1) is 19.7 Å². The molecule has 8 heteroatoms. The predicted octanol–water partition coefficient (Wildman–Crippen LogP) is 3.66. The molecule has 0 saturated carbocycles. The molecule has 2 aromatic heterocycles. The molecule has 4 aromatic rings. The molecule has 1 aliphatic heterocycles. The van der Waals surface area contributed by atoms with Gasteiger partial charge in [0.25, 0.3) is 0 Å². The molecule has 0 spiro atoms. The summed E-state index contributed by atoms with van der Waals surface area (Å²) in [6, 6.07) is 11.7. The number of ether oxygens (including phenoxy) is 2. The van der Waals surface area contributed by atoms with E-state index in [0.29, 0.717) is 11.5 Å². The molecular weight excluding hydrogens is 406 g/mol. The van der Waals surface area contributed by atoms with Gasteiger partial charge in [-0.1, -0.05) is 12.1 Å². The van der Waals surface area contributed by atoms with Crippen molar-refractivity contribution in [1.82, 2.24) is 15.0 Å². The number of methoxy groups -OCH3 is 2. The second-order valence-corrected chi connectivity index (χ2v) is 7.88. The molecule has 0 unspecified atom stereocenters. The Morgan fingerprint density at radius 2 is 1.69 bits per heavy atom. The third kappa shape index (κ3) is 3.37. The monoisotopic (exact) mass is 431 g/mol. The van der Waals surface area contributed by atoms with E-state index in [9.17, 15) is 4.79 Å². The predicted molar refractivity (Wildman–Crippen MR) is 125 cm³/mol. The Kier molecular flexibility index (Phi) is 5.05. The molecule has 164 valence electrons. The normalized spacial score (nSPS) is 14.2. The second kappa shape index (κ2) is 8.03. The van der Waals surface area contributed by atoms with Crippen molar-refractivity contribution >= 4 is 39.2 Å². The van der Waals surface area contributed by atoms with Crippen molar-refractivity contribution in [3.8, 4) is 11.5 Å². The second-order valence-electron chi connectivity index (χ2n) is 7.88. The fourth-order valence-corrected chi connectivity index (χ4v) is 4.35. The first kappa shape index (κ1) is 20.1. The van der Waals surface area contributed by atoms with E-state index in [-0.39, 0.29) is 5.78 Å². The molecule has 0 bridgehead atoms. The van der Waals surface area contributed by atoms with Gasteiger partial charge in [-0.05, 0) is 25.1 Å². The molecule has 1 aliphatic rings. The van der Waals surface area contributed by atoms with Gasteiger partial charge in [-0.3, -0.25) is 4.79 Å². The average molecular weight is 431 g/mol. The minimum atomic E-state index is 0.0842. The first-order valence-corrected chi connectivity index (χ1v) is 10.6. The number of rotatable bonds is 5. The maximum absolute atomic E-state index is 11.7. The number of carbonyl (C=O) groups is 1. The van der Waals surface area contributed by atoms with Crippen molar-refractivity contribution in [3.05, 3.63) is 48.3 Å². The quantitative estimate of drug-likeness (QED) is 0.483. The van der Waals surface area contributed by atoms with Crippen molar-refractivity contribution in [2.75, 3.05) is 50.2 Å². The van der Waals surface area contributed by atoms with Crippen LogP contribution in [-0.2, 0) is 0 Å². The number of aromatic amines is 1. The number of piperazine rings is 1. The summed E-state index contributed by atoms with van der Waals surface area (Å²) in [6.07, 6.45) is 1.62. The molecule has 1 saturated heterocycles. The van der Waals surface area contributed by atoms with Gasteiger partial charge in [-0.2, -0.15) is 0 Å². The number of fused-ring (bicyclic) bond motifs is 3. The zero-order valence-electron chi connectivity index (χ0n) is 18.4. The van der Waals surface area contributed by atoms with Crippen LogP contribution in [0.2, 0.25) is 0 Å². The maximum Gasteiger partial charge on any atom is 0.162 e. The van der Waals surface area contributed by atoms with Crippen LogP contribution >= 0.6 is 0 Å². The Morgan fingerprint density at radius 3 is 2.41 bits per heavy atom. The minimum Gasteiger partial charge on any atom is -0.493 e. The molecule has 5 rings (SSSR count). The fourth-order valence-electron chi connectivity index (χ4n) is 4.35. The van der Waals surface area contributed by atoms with Crippen molar-refractivity contribution in [1.29, 1.82) is 0 Å². The Hall–Kier alpha value is -3.81. The average Bonchev–Trinajstić information content (AvgIpc) is 3.21. The lowest BCUT2D eigenvalue weighted by Gasteiger charge is -2.36.